The van der Waals surface area contributed by atoms with Crippen molar-refractivity contribution in [3.63, 3.8) is 0 Å². The summed E-state index contributed by atoms with van der Waals surface area (Å²) in [5.74, 6) is 1.75. The normalized spacial score (nSPS) is 11.3. The fourth-order valence-electron chi connectivity index (χ4n) is 2.09. The van der Waals surface area contributed by atoms with E-state index in [-0.39, 0.29) is 0 Å². The Labute approximate surface area is 117 Å². The highest BCUT2D eigenvalue weighted by molar-refractivity contribution is 5.46. The van der Waals surface area contributed by atoms with Crippen LogP contribution in [0.4, 0.5) is 5.82 Å². The van der Waals surface area contributed by atoms with Crippen molar-refractivity contribution < 1.29 is 0 Å². The molecule has 4 heteroatoms. The Kier molecular flexibility index (Phi) is 6.81. The van der Waals surface area contributed by atoms with Gasteiger partial charge in [-0.3, -0.25) is 0 Å². The fourth-order valence-corrected chi connectivity index (χ4v) is 2.09. The van der Waals surface area contributed by atoms with Crippen LogP contribution in [0.1, 0.15) is 19.4 Å². The van der Waals surface area contributed by atoms with Crippen LogP contribution >= 0.6 is 0 Å². The maximum Gasteiger partial charge on any atom is 0.133 e. The highest BCUT2D eigenvalue weighted by Crippen LogP contribution is 2.18. The van der Waals surface area contributed by atoms with Gasteiger partial charge in [0.25, 0.3) is 0 Å². The number of aromatic nitrogens is 1. The van der Waals surface area contributed by atoms with Gasteiger partial charge in [0, 0.05) is 37.9 Å². The molecular formula is C15H28N4. The molecule has 0 amide bonds. The zero-order valence-electron chi connectivity index (χ0n) is 13.0. The SMILES string of the molecule is CNCc1cccnc1N(CCN(C)C)CC(C)C. The molecule has 0 atom stereocenters. The van der Waals surface area contributed by atoms with Crippen molar-refractivity contribution in [2.45, 2.75) is 20.4 Å². The van der Waals surface area contributed by atoms with Crippen LogP contribution in [0.15, 0.2) is 18.3 Å². The van der Waals surface area contributed by atoms with Gasteiger partial charge >= 0.3 is 0 Å². The second-order valence-electron chi connectivity index (χ2n) is 5.66. The first-order valence-electron chi connectivity index (χ1n) is 7.02. The lowest BCUT2D eigenvalue weighted by atomic mass is 10.1. The van der Waals surface area contributed by atoms with Crippen molar-refractivity contribution in [3.8, 4) is 0 Å². The summed E-state index contributed by atoms with van der Waals surface area (Å²) in [6.07, 6.45) is 1.89. The van der Waals surface area contributed by atoms with E-state index in [1.165, 1.54) is 5.56 Å². The van der Waals surface area contributed by atoms with E-state index in [1.807, 2.05) is 19.3 Å². The summed E-state index contributed by atoms with van der Waals surface area (Å²) >= 11 is 0. The van der Waals surface area contributed by atoms with Crippen LogP contribution in [-0.2, 0) is 6.54 Å². The van der Waals surface area contributed by atoms with E-state index in [2.05, 4.69) is 54.1 Å². The van der Waals surface area contributed by atoms with E-state index in [1.54, 1.807) is 0 Å². The summed E-state index contributed by atoms with van der Waals surface area (Å²) in [6, 6.07) is 4.16. The molecule has 0 radical (unpaired) electrons. The number of nitrogens with zero attached hydrogens (tertiary/aromatic N) is 3. The average Bonchev–Trinajstić information content (AvgIpc) is 2.35. The zero-order chi connectivity index (χ0) is 14.3. The van der Waals surface area contributed by atoms with Gasteiger partial charge in [-0.15, -0.1) is 0 Å². The smallest absolute Gasteiger partial charge is 0.133 e. The molecule has 1 aromatic rings. The van der Waals surface area contributed by atoms with Crippen molar-refractivity contribution in [3.05, 3.63) is 23.9 Å². The van der Waals surface area contributed by atoms with Crippen LogP contribution < -0.4 is 10.2 Å². The lowest BCUT2D eigenvalue weighted by Crippen LogP contribution is -2.35. The van der Waals surface area contributed by atoms with Crippen molar-refractivity contribution in [2.24, 2.45) is 5.92 Å². The van der Waals surface area contributed by atoms with Crippen LogP contribution in [0.2, 0.25) is 0 Å². The van der Waals surface area contributed by atoms with Crippen molar-refractivity contribution >= 4 is 5.82 Å². The van der Waals surface area contributed by atoms with Gasteiger partial charge in [-0.05, 0) is 33.1 Å². The number of likely N-dealkylation sites (N-methyl/N-ethyl adjacent to an activating group) is 1. The Morgan fingerprint density at radius 3 is 2.58 bits per heavy atom. The molecule has 0 unspecified atom stereocenters. The highest BCUT2D eigenvalue weighted by Gasteiger charge is 2.13. The van der Waals surface area contributed by atoms with Crippen LogP contribution in [0.5, 0.6) is 0 Å². The quantitative estimate of drug-likeness (QED) is 0.776. The lowest BCUT2D eigenvalue weighted by molar-refractivity contribution is 0.408. The van der Waals surface area contributed by atoms with E-state index in [4.69, 9.17) is 0 Å². The summed E-state index contributed by atoms with van der Waals surface area (Å²) in [7, 11) is 6.20. The first kappa shape index (κ1) is 15.9. The zero-order valence-corrected chi connectivity index (χ0v) is 13.0. The van der Waals surface area contributed by atoms with Gasteiger partial charge in [-0.2, -0.15) is 0 Å². The number of nitrogens with one attached hydrogen (secondary N) is 1. The Bertz CT molecular complexity index is 363. The van der Waals surface area contributed by atoms with Gasteiger partial charge in [-0.25, -0.2) is 4.98 Å². The molecule has 1 rings (SSSR count). The maximum absolute atomic E-state index is 4.60. The number of anilines is 1. The minimum absolute atomic E-state index is 0.631. The molecule has 0 spiro atoms. The van der Waals surface area contributed by atoms with Crippen LogP contribution in [-0.4, -0.2) is 50.7 Å². The van der Waals surface area contributed by atoms with E-state index in [0.717, 1.165) is 32.0 Å². The molecule has 0 bridgehead atoms. The molecule has 19 heavy (non-hydrogen) atoms. The third kappa shape index (κ3) is 5.57. The summed E-state index contributed by atoms with van der Waals surface area (Å²) in [5, 5.41) is 3.22. The molecule has 0 saturated heterocycles. The van der Waals surface area contributed by atoms with Gasteiger partial charge < -0.3 is 15.1 Å². The predicted octanol–water partition coefficient (Wildman–Crippen LogP) is 1.82. The lowest BCUT2D eigenvalue weighted by Gasteiger charge is -2.28. The minimum atomic E-state index is 0.631. The first-order chi connectivity index (χ1) is 9.04. The highest BCUT2D eigenvalue weighted by atomic mass is 15.2. The number of pyridine rings is 1. The van der Waals surface area contributed by atoms with E-state index < -0.39 is 0 Å². The maximum atomic E-state index is 4.60. The van der Waals surface area contributed by atoms with E-state index >= 15 is 0 Å². The fraction of sp³-hybridized carbons (Fsp3) is 0.667. The molecule has 1 heterocycles. The van der Waals surface area contributed by atoms with Gasteiger partial charge in [0.2, 0.25) is 0 Å². The molecule has 0 saturated carbocycles. The largest absolute Gasteiger partial charge is 0.355 e. The third-order valence-corrected chi connectivity index (χ3v) is 2.94. The minimum Gasteiger partial charge on any atom is -0.355 e. The molecule has 0 aliphatic rings. The van der Waals surface area contributed by atoms with Crippen molar-refractivity contribution in [1.29, 1.82) is 0 Å². The summed E-state index contributed by atoms with van der Waals surface area (Å²) in [4.78, 5) is 9.21. The predicted molar refractivity (Wildman–Crippen MR) is 82.6 cm³/mol. The summed E-state index contributed by atoms with van der Waals surface area (Å²) in [6.45, 7) is 8.47. The number of hydrogen-bond acceptors (Lipinski definition) is 4. The summed E-state index contributed by atoms with van der Waals surface area (Å²) < 4.78 is 0. The molecule has 1 aromatic heterocycles. The van der Waals surface area contributed by atoms with Gasteiger partial charge in [-0.1, -0.05) is 19.9 Å². The molecule has 1 N–H and O–H groups in total. The third-order valence-electron chi connectivity index (χ3n) is 2.94. The van der Waals surface area contributed by atoms with Crippen molar-refractivity contribution in [2.75, 3.05) is 45.7 Å². The monoisotopic (exact) mass is 264 g/mol. The Balaban J connectivity index is 2.88. The average molecular weight is 264 g/mol. The first-order valence-corrected chi connectivity index (χ1v) is 7.02. The Hall–Kier alpha value is -1.13. The van der Waals surface area contributed by atoms with E-state index in [0.29, 0.717) is 5.92 Å². The summed E-state index contributed by atoms with van der Waals surface area (Å²) in [5.41, 5.74) is 1.27. The molecule has 0 aliphatic heterocycles. The van der Waals surface area contributed by atoms with Gasteiger partial charge in [0.1, 0.15) is 5.82 Å². The van der Waals surface area contributed by atoms with E-state index in [9.17, 15) is 0 Å². The molecule has 0 fully saturated rings. The molecule has 108 valence electrons. The molecule has 0 aliphatic carbocycles. The Morgan fingerprint density at radius 2 is 2.00 bits per heavy atom. The number of hydrogen-bond donors (Lipinski definition) is 1. The Morgan fingerprint density at radius 1 is 1.26 bits per heavy atom. The van der Waals surface area contributed by atoms with Crippen molar-refractivity contribution in [1.82, 2.24) is 15.2 Å². The van der Waals surface area contributed by atoms with Gasteiger partial charge in [0.15, 0.2) is 0 Å². The molecule has 4 nitrogen and oxygen atoms in total. The standard InChI is InChI=1S/C15H28N4/c1-13(2)12-19(10-9-18(4)5)15-14(11-16-3)7-6-8-17-15/h6-8,13,16H,9-12H2,1-5H3. The molecule has 0 aromatic carbocycles. The second-order valence-corrected chi connectivity index (χ2v) is 5.66. The van der Waals surface area contributed by atoms with Crippen LogP contribution in [0.3, 0.4) is 0 Å². The van der Waals surface area contributed by atoms with Crippen LogP contribution in [0, 0.1) is 5.92 Å². The topological polar surface area (TPSA) is 31.4 Å². The number of rotatable bonds is 8. The van der Waals surface area contributed by atoms with Crippen LogP contribution in [0.25, 0.3) is 0 Å². The second kappa shape index (κ2) is 8.12. The molecular weight excluding hydrogens is 236 g/mol. The van der Waals surface area contributed by atoms with Gasteiger partial charge in [0.05, 0.1) is 0 Å².